The van der Waals surface area contributed by atoms with E-state index in [2.05, 4.69) is 21.4 Å². The van der Waals surface area contributed by atoms with Crippen LogP contribution in [0.3, 0.4) is 0 Å². The third kappa shape index (κ3) is 3.79. The molecule has 0 saturated carbocycles. The summed E-state index contributed by atoms with van der Waals surface area (Å²) in [5.74, 6) is 6.01. The minimum absolute atomic E-state index is 0.295. The van der Waals surface area contributed by atoms with Gasteiger partial charge in [0.15, 0.2) is 0 Å². The Kier molecular flexibility index (Phi) is 5.52. The first-order valence-corrected chi connectivity index (χ1v) is 7.09. The highest BCUT2D eigenvalue weighted by atomic mass is 79.9. The van der Waals surface area contributed by atoms with Crippen LogP contribution in [0, 0.1) is 5.82 Å². The van der Waals surface area contributed by atoms with E-state index in [1.54, 1.807) is 18.2 Å². The van der Waals surface area contributed by atoms with Gasteiger partial charge in [0.25, 0.3) is 0 Å². The first-order valence-electron chi connectivity index (χ1n) is 6.30. The second-order valence-corrected chi connectivity index (χ2v) is 5.17. The highest BCUT2D eigenvalue weighted by Gasteiger charge is 2.16. The van der Waals surface area contributed by atoms with Crippen molar-refractivity contribution in [3.05, 3.63) is 64.4 Å². The maximum absolute atomic E-state index is 14.0. The van der Waals surface area contributed by atoms with Gasteiger partial charge in [-0.15, -0.1) is 0 Å². The number of hydrogen-bond donors (Lipinski definition) is 2. The first kappa shape index (κ1) is 15.0. The van der Waals surface area contributed by atoms with Crippen LogP contribution >= 0.6 is 15.9 Å². The summed E-state index contributed by atoms with van der Waals surface area (Å²) in [6, 6.07) is 14.4. The SMILES string of the molecule is NNC(CCOc1ccccc1)c1cccc(Br)c1F. The van der Waals surface area contributed by atoms with E-state index in [9.17, 15) is 4.39 Å². The lowest BCUT2D eigenvalue weighted by molar-refractivity contribution is 0.285. The summed E-state index contributed by atoms with van der Waals surface area (Å²) in [5, 5.41) is 0. The van der Waals surface area contributed by atoms with E-state index in [0.29, 0.717) is 23.1 Å². The zero-order valence-electron chi connectivity index (χ0n) is 10.9. The fourth-order valence-electron chi connectivity index (χ4n) is 1.93. The molecule has 0 aromatic heterocycles. The summed E-state index contributed by atoms with van der Waals surface area (Å²) in [6.07, 6.45) is 0.568. The van der Waals surface area contributed by atoms with E-state index in [4.69, 9.17) is 10.6 Å². The number of rotatable bonds is 6. The van der Waals surface area contributed by atoms with Gasteiger partial charge in [0.1, 0.15) is 11.6 Å². The monoisotopic (exact) mass is 338 g/mol. The van der Waals surface area contributed by atoms with Crippen molar-refractivity contribution in [1.29, 1.82) is 0 Å². The van der Waals surface area contributed by atoms with Crippen LogP contribution in [0.2, 0.25) is 0 Å². The summed E-state index contributed by atoms with van der Waals surface area (Å²) in [5.41, 5.74) is 3.16. The molecule has 2 aromatic rings. The van der Waals surface area contributed by atoms with Gasteiger partial charge in [-0.2, -0.15) is 0 Å². The molecule has 0 spiro atoms. The molecule has 0 bridgehead atoms. The predicted octanol–water partition coefficient (Wildman–Crippen LogP) is 3.56. The van der Waals surface area contributed by atoms with Crippen molar-refractivity contribution < 1.29 is 9.13 Å². The lowest BCUT2D eigenvalue weighted by atomic mass is 10.0. The Morgan fingerprint density at radius 1 is 1.15 bits per heavy atom. The number of nitrogens with one attached hydrogen (secondary N) is 1. The van der Waals surface area contributed by atoms with Crippen LogP contribution in [0.25, 0.3) is 0 Å². The highest BCUT2D eigenvalue weighted by Crippen LogP contribution is 2.25. The van der Waals surface area contributed by atoms with Crippen molar-refractivity contribution in [2.75, 3.05) is 6.61 Å². The molecule has 0 saturated heterocycles. The largest absolute Gasteiger partial charge is 0.494 e. The van der Waals surface area contributed by atoms with Crippen LogP contribution in [-0.2, 0) is 0 Å². The molecule has 2 rings (SSSR count). The standard InChI is InChI=1S/C15H16BrFN2O/c16-13-8-4-7-12(15(13)17)14(19-18)9-10-20-11-5-2-1-3-6-11/h1-8,14,19H,9-10,18H2. The Balaban J connectivity index is 1.97. The van der Waals surface area contributed by atoms with Gasteiger partial charge >= 0.3 is 0 Å². The summed E-state index contributed by atoms with van der Waals surface area (Å²) >= 11 is 3.17. The average molecular weight is 339 g/mol. The molecule has 0 aliphatic heterocycles. The van der Waals surface area contributed by atoms with Crippen molar-refractivity contribution in [2.45, 2.75) is 12.5 Å². The molecule has 2 aromatic carbocycles. The number of hydrazine groups is 1. The zero-order valence-corrected chi connectivity index (χ0v) is 12.4. The van der Waals surface area contributed by atoms with Gasteiger partial charge in [0.05, 0.1) is 17.1 Å². The normalized spacial score (nSPS) is 12.2. The van der Waals surface area contributed by atoms with Gasteiger partial charge in [-0.25, -0.2) is 4.39 Å². The molecule has 106 valence electrons. The number of benzene rings is 2. The smallest absolute Gasteiger partial charge is 0.142 e. The van der Waals surface area contributed by atoms with Gasteiger partial charge in [-0.05, 0) is 34.1 Å². The average Bonchev–Trinajstić information content (AvgIpc) is 2.48. The molecule has 0 amide bonds. The van der Waals surface area contributed by atoms with Crippen LogP contribution in [-0.4, -0.2) is 6.61 Å². The Labute approximate surface area is 126 Å². The van der Waals surface area contributed by atoms with E-state index >= 15 is 0 Å². The Morgan fingerprint density at radius 2 is 1.90 bits per heavy atom. The first-order chi connectivity index (χ1) is 9.72. The second kappa shape index (κ2) is 7.38. The molecule has 0 fully saturated rings. The van der Waals surface area contributed by atoms with Crippen LogP contribution in [0.1, 0.15) is 18.0 Å². The van der Waals surface area contributed by atoms with Gasteiger partial charge in [0.2, 0.25) is 0 Å². The van der Waals surface area contributed by atoms with Gasteiger partial charge < -0.3 is 4.74 Å². The Hall–Kier alpha value is -1.43. The number of halogens is 2. The van der Waals surface area contributed by atoms with E-state index < -0.39 is 0 Å². The van der Waals surface area contributed by atoms with Gasteiger partial charge in [-0.1, -0.05) is 30.3 Å². The molecule has 1 atom stereocenters. The van der Waals surface area contributed by atoms with Crippen molar-refractivity contribution in [2.24, 2.45) is 5.84 Å². The molecule has 0 aliphatic rings. The molecule has 20 heavy (non-hydrogen) atoms. The number of para-hydroxylation sites is 1. The fraction of sp³-hybridized carbons (Fsp3) is 0.200. The van der Waals surface area contributed by atoms with Crippen molar-refractivity contribution in [3.8, 4) is 5.75 Å². The van der Waals surface area contributed by atoms with E-state index in [-0.39, 0.29) is 11.9 Å². The summed E-state index contributed by atoms with van der Waals surface area (Å²) < 4.78 is 20.0. The third-order valence-electron chi connectivity index (χ3n) is 2.98. The van der Waals surface area contributed by atoms with Crippen LogP contribution < -0.4 is 16.0 Å². The predicted molar refractivity (Wildman–Crippen MR) is 80.7 cm³/mol. The van der Waals surface area contributed by atoms with Gasteiger partial charge in [0, 0.05) is 12.0 Å². The molecule has 0 radical (unpaired) electrons. The molecular weight excluding hydrogens is 323 g/mol. The molecule has 0 aliphatic carbocycles. The van der Waals surface area contributed by atoms with Gasteiger partial charge in [-0.3, -0.25) is 11.3 Å². The summed E-state index contributed by atoms with van der Waals surface area (Å²) in [6.45, 7) is 0.449. The zero-order chi connectivity index (χ0) is 14.4. The molecule has 0 heterocycles. The van der Waals surface area contributed by atoms with Crippen LogP contribution in [0.5, 0.6) is 5.75 Å². The number of ether oxygens (including phenoxy) is 1. The maximum Gasteiger partial charge on any atom is 0.142 e. The van der Waals surface area contributed by atoms with Crippen LogP contribution in [0.15, 0.2) is 53.0 Å². The molecule has 3 N–H and O–H groups in total. The highest BCUT2D eigenvalue weighted by molar-refractivity contribution is 9.10. The number of nitrogens with two attached hydrogens (primary N) is 1. The van der Waals surface area contributed by atoms with E-state index in [0.717, 1.165) is 5.75 Å². The molecule has 3 nitrogen and oxygen atoms in total. The van der Waals surface area contributed by atoms with Crippen molar-refractivity contribution >= 4 is 15.9 Å². The van der Waals surface area contributed by atoms with E-state index in [1.165, 1.54) is 0 Å². The quantitative estimate of drug-likeness (QED) is 0.625. The molecule has 1 unspecified atom stereocenters. The minimum atomic E-state index is -0.296. The van der Waals surface area contributed by atoms with Crippen molar-refractivity contribution in [1.82, 2.24) is 5.43 Å². The summed E-state index contributed by atoms with van der Waals surface area (Å²) in [7, 11) is 0. The summed E-state index contributed by atoms with van der Waals surface area (Å²) in [4.78, 5) is 0. The number of hydrogen-bond acceptors (Lipinski definition) is 3. The molecular formula is C15H16BrFN2O. The Bertz CT molecular complexity index is 551. The van der Waals surface area contributed by atoms with Crippen molar-refractivity contribution in [3.63, 3.8) is 0 Å². The minimum Gasteiger partial charge on any atom is -0.494 e. The Morgan fingerprint density at radius 3 is 2.60 bits per heavy atom. The molecule has 5 heteroatoms. The van der Waals surface area contributed by atoms with Crippen LogP contribution in [0.4, 0.5) is 4.39 Å². The second-order valence-electron chi connectivity index (χ2n) is 4.31. The van der Waals surface area contributed by atoms with E-state index in [1.807, 2.05) is 30.3 Å². The maximum atomic E-state index is 14.0. The lowest BCUT2D eigenvalue weighted by Gasteiger charge is -2.18. The lowest BCUT2D eigenvalue weighted by Crippen LogP contribution is -2.30. The topological polar surface area (TPSA) is 47.3 Å². The third-order valence-corrected chi connectivity index (χ3v) is 3.59. The fourth-order valence-corrected chi connectivity index (χ4v) is 2.31.